The lowest BCUT2D eigenvalue weighted by molar-refractivity contribution is 0.0699. The number of aromatic carboxylic acids is 1. The normalized spacial score (nSPS) is 10.8. The van der Waals surface area contributed by atoms with Gasteiger partial charge in [-0.2, -0.15) is 5.10 Å². The second-order valence-electron chi connectivity index (χ2n) is 4.43. The van der Waals surface area contributed by atoms with Gasteiger partial charge in [0.2, 0.25) is 0 Å². The van der Waals surface area contributed by atoms with Crippen molar-refractivity contribution >= 4 is 16.9 Å². The van der Waals surface area contributed by atoms with Crippen molar-refractivity contribution in [2.24, 2.45) is 0 Å². The third kappa shape index (κ3) is 2.03. The summed E-state index contributed by atoms with van der Waals surface area (Å²) in [4.78, 5) is 15.9. The number of benzene rings is 1. The van der Waals surface area contributed by atoms with Gasteiger partial charge < -0.3 is 5.11 Å². The van der Waals surface area contributed by atoms with Gasteiger partial charge in [-0.05, 0) is 25.1 Å². The summed E-state index contributed by atoms with van der Waals surface area (Å²) in [5, 5.41) is 14.4. The highest BCUT2D eigenvalue weighted by Crippen LogP contribution is 2.23. The number of hydrogen-bond acceptors (Lipinski definition) is 3. The number of carboxylic acid groups (broad SMARTS) is 1. The third-order valence-electron chi connectivity index (χ3n) is 3.17. The Morgan fingerprint density at radius 1 is 1.25 bits per heavy atom. The van der Waals surface area contributed by atoms with Crippen molar-refractivity contribution in [1.82, 2.24) is 14.8 Å². The number of carboxylic acids is 1. The van der Waals surface area contributed by atoms with Gasteiger partial charge in [0, 0.05) is 18.1 Å². The van der Waals surface area contributed by atoms with E-state index >= 15 is 0 Å². The molecule has 0 fully saturated rings. The second kappa shape index (κ2) is 4.77. The minimum absolute atomic E-state index is 0.247. The molecule has 5 heteroatoms. The van der Waals surface area contributed by atoms with E-state index in [1.807, 2.05) is 37.4 Å². The number of pyridine rings is 1. The predicted octanol–water partition coefficient (Wildman–Crippen LogP) is 2.82. The van der Waals surface area contributed by atoms with Gasteiger partial charge in [-0.15, -0.1) is 0 Å². The van der Waals surface area contributed by atoms with Crippen molar-refractivity contribution < 1.29 is 9.90 Å². The summed E-state index contributed by atoms with van der Waals surface area (Å²) >= 11 is 0. The van der Waals surface area contributed by atoms with Crippen LogP contribution in [-0.2, 0) is 6.54 Å². The first-order valence-corrected chi connectivity index (χ1v) is 6.36. The monoisotopic (exact) mass is 267 g/mol. The number of para-hydroxylation sites is 1. The van der Waals surface area contributed by atoms with E-state index in [2.05, 4.69) is 10.1 Å². The average Bonchev–Trinajstić information content (AvgIpc) is 2.95. The zero-order valence-corrected chi connectivity index (χ0v) is 10.9. The zero-order chi connectivity index (χ0) is 14.1. The van der Waals surface area contributed by atoms with Crippen LogP contribution in [0, 0.1) is 0 Å². The molecule has 100 valence electrons. The van der Waals surface area contributed by atoms with Gasteiger partial charge in [0.25, 0.3) is 0 Å². The van der Waals surface area contributed by atoms with E-state index < -0.39 is 5.97 Å². The maximum absolute atomic E-state index is 11.4. The largest absolute Gasteiger partial charge is 0.478 e. The van der Waals surface area contributed by atoms with Crippen LogP contribution in [0.5, 0.6) is 0 Å². The topological polar surface area (TPSA) is 68.0 Å². The molecule has 0 saturated carbocycles. The maximum Gasteiger partial charge on any atom is 0.336 e. The Balaban J connectivity index is 2.24. The van der Waals surface area contributed by atoms with Crippen LogP contribution in [0.15, 0.2) is 42.6 Å². The molecular formula is C15H13N3O2. The van der Waals surface area contributed by atoms with Gasteiger partial charge in [0.15, 0.2) is 0 Å². The Morgan fingerprint density at radius 3 is 2.75 bits per heavy atom. The highest BCUT2D eigenvalue weighted by molar-refractivity contribution is 6.03. The number of nitrogens with zero attached hydrogens (tertiary/aromatic N) is 3. The van der Waals surface area contributed by atoms with Crippen molar-refractivity contribution in [1.29, 1.82) is 0 Å². The summed E-state index contributed by atoms with van der Waals surface area (Å²) in [6.45, 7) is 2.76. The third-order valence-corrected chi connectivity index (χ3v) is 3.17. The van der Waals surface area contributed by atoms with Gasteiger partial charge in [0.05, 0.1) is 16.8 Å². The molecule has 0 radical (unpaired) electrons. The second-order valence-corrected chi connectivity index (χ2v) is 4.43. The summed E-state index contributed by atoms with van der Waals surface area (Å²) in [6, 6.07) is 10.6. The first kappa shape index (κ1) is 12.3. The Labute approximate surface area is 115 Å². The number of fused-ring (bicyclic) bond motifs is 1. The Hall–Kier alpha value is -2.69. The van der Waals surface area contributed by atoms with Gasteiger partial charge in [-0.3, -0.25) is 4.68 Å². The number of carbonyl (C=O) groups is 1. The molecule has 5 nitrogen and oxygen atoms in total. The van der Waals surface area contributed by atoms with E-state index in [9.17, 15) is 9.90 Å². The van der Waals surface area contributed by atoms with Crippen LogP contribution >= 0.6 is 0 Å². The quantitative estimate of drug-likeness (QED) is 0.792. The van der Waals surface area contributed by atoms with E-state index in [1.165, 1.54) is 0 Å². The van der Waals surface area contributed by atoms with Gasteiger partial charge >= 0.3 is 5.97 Å². The molecule has 0 aliphatic rings. The van der Waals surface area contributed by atoms with Crippen LogP contribution in [0.1, 0.15) is 17.3 Å². The zero-order valence-electron chi connectivity index (χ0n) is 10.9. The fourth-order valence-corrected chi connectivity index (χ4v) is 2.16. The number of hydrogen-bond donors (Lipinski definition) is 1. The first-order chi connectivity index (χ1) is 9.69. The fourth-order valence-electron chi connectivity index (χ4n) is 2.16. The Kier molecular flexibility index (Phi) is 2.95. The van der Waals surface area contributed by atoms with Crippen LogP contribution in [0.2, 0.25) is 0 Å². The van der Waals surface area contributed by atoms with Crippen LogP contribution in [0.4, 0.5) is 0 Å². The van der Waals surface area contributed by atoms with Crippen molar-refractivity contribution in [3.63, 3.8) is 0 Å². The lowest BCUT2D eigenvalue weighted by atomic mass is 10.1. The van der Waals surface area contributed by atoms with Crippen molar-refractivity contribution in [2.45, 2.75) is 13.5 Å². The molecule has 0 atom stereocenters. The maximum atomic E-state index is 11.4. The molecule has 1 aromatic carbocycles. The summed E-state index contributed by atoms with van der Waals surface area (Å²) < 4.78 is 1.78. The average molecular weight is 267 g/mol. The van der Waals surface area contributed by atoms with E-state index in [-0.39, 0.29) is 5.56 Å². The smallest absolute Gasteiger partial charge is 0.336 e. The molecule has 3 rings (SSSR count). The molecule has 2 heterocycles. The molecule has 2 aromatic heterocycles. The molecule has 0 aliphatic heterocycles. The highest BCUT2D eigenvalue weighted by atomic mass is 16.4. The first-order valence-electron chi connectivity index (χ1n) is 6.36. The standard InChI is InChI=1S/C15H13N3O2/c1-2-18-8-7-13(17-18)14-9-11(15(19)20)10-5-3-4-6-12(10)16-14/h3-9H,2H2,1H3,(H,19,20). The van der Waals surface area contributed by atoms with Crippen LogP contribution in [0.3, 0.4) is 0 Å². The number of aryl methyl sites for hydroxylation is 1. The molecule has 20 heavy (non-hydrogen) atoms. The van der Waals surface area contributed by atoms with E-state index in [1.54, 1.807) is 16.8 Å². The number of rotatable bonds is 3. The summed E-state index contributed by atoms with van der Waals surface area (Å²) in [7, 11) is 0. The highest BCUT2D eigenvalue weighted by Gasteiger charge is 2.13. The predicted molar refractivity (Wildman–Crippen MR) is 75.6 cm³/mol. The van der Waals surface area contributed by atoms with Crippen LogP contribution < -0.4 is 0 Å². The lowest BCUT2D eigenvalue weighted by Crippen LogP contribution is -2.01. The van der Waals surface area contributed by atoms with E-state index in [0.29, 0.717) is 22.3 Å². The molecule has 0 amide bonds. The SMILES string of the molecule is CCn1ccc(-c2cc(C(=O)O)c3ccccc3n2)n1. The Morgan fingerprint density at radius 2 is 2.05 bits per heavy atom. The fraction of sp³-hybridized carbons (Fsp3) is 0.133. The summed E-state index contributed by atoms with van der Waals surface area (Å²) in [5.41, 5.74) is 2.17. The van der Waals surface area contributed by atoms with E-state index in [0.717, 1.165) is 6.54 Å². The molecule has 1 N–H and O–H groups in total. The Bertz CT molecular complexity index is 793. The molecule has 3 aromatic rings. The van der Waals surface area contributed by atoms with Gasteiger partial charge in [-0.1, -0.05) is 18.2 Å². The lowest BCUT2D eigenvalue weighted by Gasteiger charge is -2.05. The van der Waals surface area contributed by atoms with Crippen molar-refractivity contribution in [2.75, 3.05) is 0 Å². The molecule has 0 spiro atoms. The van der Waals surface area contributed by atoms with Crippen LogP contribution in [-0.4, -0.2) is 25.8 Å². The molecule has 0 unspecified atom stereocenters. The van der Waals surface area contributed by atoms with Crippen LogP contribution in [0.25, 0.3) is 22.3 Å². The number of aromatic nitrogens is 3. The van der Waals surface area contributed by atoms with E-state index in [4.69, 9.17) is 0 Å². The van der Waals surface area contributed by atoms with Crippen molar-refractivity contribution in [3.8, 4) is 11.4 Å². The minimum atomic E-state index is -0.959. The minimum Gasteiger partial charge on any atom is -0.478 e. The molecule has 0 bridgehead atoms. The molecular weight excluding hydrogens is 254 g/mol. The summed E-state index contributed by atoms with van der Waals surface area (Å²) in [6.07, 6.45) is 1.85. The molecule has 0 saturated heterocycles. The summed E-state index contributed by atoms with van der Waals surface area (Å²) in [5.74, 6) is -0.959. The molecule has 0 aliphatic carbocycles. The van der Waals surface area contributed by atoms with Crippen molar-refractivity contribution in [3.05, 3.63) is 48.2 Å². The van der Waals surface area contributed by atoms with Gasteiger partial charge in [-0.25, -0.2) is 9.78 Å². The van der Waals surface area contributed by atoms with Gasteiger partial charge in [0.1, 0.15) is 5.69 Å².